The van der Waals surface area contributed by atoms with Gasteiger partial charge in [-0.15, -0.1) is 0 Å². The zero-order chi connectivity index (χ0) is 19.3. The van der Waals surface area contributed by atoms with Crippen LogP contribution in [0.25, 0.3) is 11.3 Å². The molecule has 0 unspecified atom stereocenters. The SMILES string of the molecule is O=C(Cc1ccccn1)N1CCC[C@@H](c2cncc(-c3cccc(Cl)c3)n2)C1. The molecule has 1 amide bonds. The Bertz CT molecular complexity index is 964. The summed E-state index contributed by atoms with van der Waals surface area (Å²) in [7, 11) is 0. The second kappa shape index (κ2) is 8.48. The molecule has 0 aliphatic carbocycles. The number of carbonyl (C=O) groups is 1. The number of nitrogens with zero attached hydrogens (tertiary/aromatic N) is 4. The van der Waals surface area contributed by atoms with E-state index in [1.54, 1.807) is 12.4 Å². The molecule has 0 spiro atoms. The third-order valence-electron chi connectivity index (χ3n) is 5.02. The first-order chi connectivity index (χ1) is 13.7. The smallest absolute Gasteiger partial charge is 0.228 e. The van der Waals surface area contributed by atoms with Gasteiger partial charge >= 0.3 is 0 Å². The predicted molar refractivity (Wildman–Crippen MR) is 109 cm³/mol. The molecule has 142 valence electrons. The van der Waals surface area contributed by atoms with Crippen molar-refractivity contribution in [3.8, 4) is 11.3 Å². The topological polar surface area (TPSA) is 59.0 Å². The number of carbonyl (C=O) groups excluding carboxylic acids is 1. The van der Waals surface area contributed by atoms with E-state index in [0.29, 0.717) is 18.0 Å². The molecule has 1 aliphatic heterocycles. The van der Waals surface area contributed by atoms with Crippen LogP contribution in [-0.2, 0) is 11.2 Å². The maximum Gasteiger partial charge on any atom is 0.228 e. The summed E-state index contributed by atoms with van der Waals surface area (Å²) in [5.41, 5.74) is 3.47. The highest BCUT2D eigenvalue weighted by atomic mass is 35.5. The molecule has 2 aromatic heterocycles. The molecule has 1 aliphatic rings. The first-order valence-corrected chi connectivity index (χ1v) is 9.82. The Morgan fingerprint density at radius 3 is 2.93 bits per heavy atom. The number of rotatable bonds is 4. The molecule has 28 heavy (non-hydrogen) atoms. The van der Waals surface area contributed by atoms with Crippen LogP contribution in [0.15, 0.2) is 61.1 Å². The molecule has 1 saturated heterocycles. The van der Waals surface area contributed by atoms with Gasteiger partial charge in [-0.2, -0.15) is 0 Å². The van der Waals surface area contributed by atoms with Crippen LogP contribution in [0.3, 0.4) is 0 Å². The summed E-state index contributed by atoms with van der Waals surface area (Å²) >= 11 is 6.11. The van der Waals surface area contributed by atoms with Crippen LogP contribution >= 0.6 is 11.6 Å². The van der Waals surface area contributed by atoms with Crippen molar-refractivity contribution < 1.29 is 4.79 Å². The fourth-order valence-corrected chi connectivity index (χ4v) is 3.77. The third-order valence-corrected chi connectivity index (χ3v) is 5.26. The highest BCUT2D eigenvalue weighted by Gasteiger charge is 2.26. The summed E-state index contributed by atoms with van der Waals surface area (Å²) in [6, 6.07) is 13.3. The Balaban J connectivity index is 1.49. The minimum absolute atomic E-state index is 0.113. The Morgan fingerprint density at radius 2 is 2.11 bits per heavy atom. The molecular formula is C22H21ClN4O. The van der Waals surface area contributed by atoms with E-state index in [-0.39, 0.29) is 11.8 Å². The van der Waals surface area contributed by atoms with E-state index in [2.05, 4.69) is 9.97 Å². The third kappa shape index (κ3) is 4.37. The Kier molecular flexibility index (Phi) is 5.63. The van der Waals surface area contributed by atoms with Crippen LogP contribution in [0.2, 0.25) is 5.02 Å². The molecule has 1 atom stereocenters. The average Bonchev–Trinajstić information content (AvgIpc) is 2.75. The van der Waals surface area contributed by atoms with E-state index in [1.807, 2.05) is 53.6 Å². The van der Waals surface area contributed by atoms with E-state index in [0.717, 1.165) is 42.0 Å². The van der Waals surface area contributed by atoms with Gasteiger partial charge in [-0.05, 0) is 37.1 Å². The lowest BCUT2D eigenvalue weighted by Crippen LogP contribution is -2.40. The number of piperidine rings is 1. The number of likely N-dealkylation sites (tertiary alicyclic amines) is 1. The molecule has 0 N–H and O–H groups in total. The second-order valence-electron chi connectivity index (χ2n) is 7.02. The van der Waals surface area contributed by atoms with Gasteiger partial charge in [0.2, 0.25) is 5.91 Å². The first-order valence-electron chi connectivity index (χ1n) is 9.44. The fraction of sp³-hybridized carbons (Fsp3) is 0.273. The first kappa shape index (κ1) is 18.6. The minimum atomic E-state index is 0.113. The fourth-order valence-electron chi connectivity index (χ4n) is 3.58. The number of halogens is 1. The monoisotopic (exact) mass is 392 g/mol. The van der Waals surface area contributed by atoms with E-state index in [9.17, 15) is 4.79 Å². The highest BCUT2D eigenvalue weighted by molar-refractivity contribution is 6.30. The zero-order valence-electron chi connectivity index (χ0n) is 15.5. The van der Waals surface area contributed by atoms with Crippen LogP contribution in [-0.4, -0.2) is 38.8 Å². The molecular weight excluding hydrogens is 372 g/mol. The molecule has 3 aromatic rings. The van der Waals surface area contributed by atoms with Crippen molar-refractivity contribution in [2.75, 3.05) is 13.1 Å². The number of aromatic nitrogens is 3. The summed E-state index contributed by atoms with van der Waals surface area (Å²) in [6.07, 6.45) is 7.58. The lowest BCUT2D eigenvalue weighted by Gasteiger charge is -2.32. The van der Waals surface area contributed by atoms with Crippen molar-refractivity contribution in [3.05, 3.63) is 77.5 Å². The van der Waals surface area contributed by atoms with Crippen molar-refractivity contribution in [3.63, 3.8) is 0 Å². The number of hydrogen-bond donors (Lipinski definition) is 0. The van der Waals surface area contributed by atoms with Crippen molar-refractivity contribution in [1.29, 1.82) is 0 Å². The molecule has 0 saturated carbocycles. The average molecular weight is 393 g/mol. The van der Waals surface area contributed by atoms with Gasteiger partial charge in [0, 0.05) is 47.7 Å². The number of hydrogen-bond acceptors (Lipinski definition) is 4. The largest absolute Gasteiger partial charge is 0.342 e. The standard InChI is InChI=1S/C22H21ClN4O/c23-18-7-3-5-16(11-18)20-13-24-14-21(26-20)17-6-4-10-27(15-17)22(28)12-19-8-1-2-9-25-19/h1-3,5,7-9,11,13-14,17H,4,6,10,12,15H2/t17-/m1/s1. The van der Waals surface area contributed by atoms with Gasteiger partial charge in [-0.25, -0.2) is 4.98 Å². The molecule has 4 rings (SSSR count). The summed E-state index contributed by atoms with van der Waals surface area (Å²) in [5, 5.41) is 0.675. The maximum absolute atomic E-state index is 12.7. The summed E-state index contributed by atoms with van der Waals surface area (Å²) in [5.74, 6) is 0.301. The van der Waals surface area contributed by atoms with Crippen molar-refractivity contribution in [2.45, 2.75) is 25.2 Å². The van der Waals surface area contributed by atoms with Crippen LogP contribution in [0, 0.1) is 0 Å². The van der Waals surface area contributed by atoms with Crippen molar-refractivity contribution in [2.24, 2.45) is 0 Å². The molecule has 1 aromatic carbocycles. The van der Waals surface area contributed by atoms with E-state index in [4.69, 9.17) is 16.6 Å². The van der Waals surface area contributed by atoms with Crippen molar-refractivity contribution >= 4 is 17.5 Å². The van der Waals surface area contributed by atoms with E-state index in [1.165, 1.54) is 0 Å². The van der Waals surface area contributed by atoms with E-state index >= 15 is 0 Å². The van der Waals surface area contributed by atoms with Gasteiger partial charge < -0.3 is 4.90 Å². The van der Waals surface area contributed by atoms with Crippen LogP contribution in [0.5, 0.6) is 0 Å². The van der Waals surface area contributed by atoms with E-state index < -0.39 is 0 Å². The number of benzene rings is 1. The lowest BCUT2D eigenvalue weighted by atomic mass is 9.94. The van der Waals surface area contributed by atoms with Gasteiger partial charge in [0.15, 0.2) is 0 Å². The summed E-state index contributed by atoms with van der Waals surface area (Å²) in [6.45, 7) is 1.45. The Labute approximate surface area is 169 Å². The summed E-state index contributed by atoms with van der Waals surface area (Å²) < 4.78 is 0. The molecule has 6 heteroatoms. The summed E-state index contributed by atoms with van der Waals surface area (Å²) in [4.78, 5) is 28.1. The maximum atomic E-state index is 12.7. The normalized spacial score (nSPS) is 16.8. The number of amides is 1. The number of pyridine rings is 1. The minimum Gasteiger partial charge on any atom is -0.342 e. The lowest BCUT2D eigenvalue weighted by molar-refractivity contribution is -0.131. The van der Waals surface area contributed by atoms with Crippen LogP contribution in [0.1, 0.15) is 30.1 Å². The Morgan fingerprint density at radius 1 is 1.18 bits per heavy atom. The molecule has 1 fully saturated rings. The Hall–Kier alpha value is -2.79. The van der Waals surface area contributed by atoms with Gasteiger partial charge in [0.25, 0.3) is 0 Å². The van der Waals surface area contributed by atoms with Gasteiger partial charge in [-0.3, -0.25) is 14.8 Å². The molecule has 0 radical (unpaired) electrons. The quantitative estimate of drug-likeness (QED) is 0.669. The zero-order valence-corrected chi connectivity index (χ0v) is 16.2. The van der Waals surface area contributed by atoms with Crippen LogP contribution in [0.4, 0.5) is 0 Å². The van der Waals surface area contributed by atoms with Gasteiger partial charge in [-0.1, -0.05) is 29.8 Å². The van der Waals surface area contributed by atoms with Gasteiger partial charge in [0.1, 0.15) is 0 Å². The second-order valence-corrected chi connectivity index (χ2v) is 7.45. The molecule has 3 heterocycles. The van der Waals surface area contributed by atoms with Crippen LogP contribution < -0.4 is 0 Å². The van der Waals surface area contributed by atoms with Gasteiger partial charge in [0.05, 0.1) is 24.0 Å². The molecule has 5 nitrogen and oxygen atoms in total. The van der Waals surface area contributed by atoms with Crippen molar-refractivity contribution in [1.82, 2.24) is 19.9 Å². The predicted octanol–water partition coefficient (Wildman–Crippen LogP) is 4.14. The molecule has 0 bridgehead atoms. The highest BCUT2D eigenvalue weighted by Crippen LogP contribution is 2.28.